The minimum atomic E-state index is -2.87. The van der Waals surface area contributed by atoms with Gasteiger partial charge in [0.15, 0.2) is 0 Å². The summed E-state index contributed by atoms with van der Waals surface area (Å²) in [7, 11) is -2.87. The van der Waals surface area contributed by atoms with Crippen molar-refractivity contribution >= 4 is 19.3 Å². The molecule has 2 unspecified atom stereocenters. The highest BCUT2D eigenvalue weighted by molar-refractivity contribution is 7.55. The molecule has 0 N–H and O–H groups in total. The molecule has 0 aromatic heterocycles. The molecule has 0 bridgehead atoms. The number of benzene rings is 1. The number of rotatable bonds is 4. The van der Waals surface area contributed by atoms with Crippen LogP contribution < -0.4 is 4.52 Å². The van der Waals surface area contributed by atoms with E-state index < -0.39 is 7.67 Å². The molecule has 18 heavy (non-hydrogen) atoms. The average molecular weight is 287 g/mol. The second-order valence-electron chi connectivity index (χ2n) is 4.98. The van der Waals surface area contributed by atoms with Crippen molar-refractivity contribution in [1.29, 1.82) is 0 Å². The highest BCUT2D eigenvalue weighted by Crippen LogP contribution is 2.64. The third kappa shape index (κ3) is 2.19. The van der Waals surface area contributed by atoms with E-state index >= 15 is 0 Å². The molecule has 0 spiro atoms. The number of hydrogen-bond donors (Lipinski definition) is 0. The van der Waals surface area contributed by atoms with E-state index in [1.807, 2.05) is 9.34 Å². The topological polar surface area (TPSA) is 32.3 Å². The molecule has 4 atom stereocenters. The van der Waals surface area contributed by atoms with Crippen molar-refractivity contribution in [3.05, 3.63) is 29.3 Å². The molecule has 2 saturated heterocycles. The number of nitrogens with zero attached hydrogens (tertiary/aromatic N) is 2. The third-order valence-electron chi connectivity index (χ3n) is 3.34. The van der Waals surface area contributed by atoms with Crippen LogP contribution in [0.1, 0.15) is 13.8 Å². The lowest BCUT2D eigenvalue weighted by molar-refractivity contribution is 0.400. The monoisotopic (exact) mass is 286 g/mol. The molecule has 0 saturated carbocycles. The van der Waals surface area contributed by atoms with E-state index in [0.29, 0.717) is 22.9 Å². The Labute approximate surface area is 112 Å². The molecule has 0 radical (unpaired) electrons. The quantitative estimate of drug-likeness (QED) is 0.628. The Kier molecular flexibility index (Phi) is 2.94. The van der Waals surface area contributed by atoms with Gasteiger partial charge >= 0.3 is 7.67 Å². The zero-order valence-corrected chi connectivity index (χ0v) is 12.1. The molecular weight excluding hydrogens is 271 g/mol. The van der Waals surface area contributed by atoms with Gasteiger partial charge < -0.3 is 4.52 Å². The zero-order valence-electron chi connectivity index (χ0n) is 10.4. The molecule has 0 amide bonds. The first kappa shape index (κ1) is 12.5. The van der Waals surface area contributed by atoms with Gasteiger partial charge in [-0.25, -0.2) is 13.9 Å². The Bertz CT molecular complexity index is 487. The van der Waals surface area contributed by atoms with Gasteiger partial charge in [-0.15, -0.1) is 0 Å². The van der Waals surface area contributed by atoms with Gasteiger partial charge in [0.2, 0.25) is 0 Å². The van der Waals surface area contributed by atoms with Crippen LogP contribution in [0.2, 0.25) is 5.02 Å². The van der Waals surface area contributed by atoms with Crippen LogP contribution in [0.15, 0.2) is 24.3 Å². The van der Waals surface area contributed by atoms with Gasteiger partial charge in [0, 0.05) is 30.2 Å². The molecule has 2 aliphatic rings. The van der Waals surface area contributed by atoms with Crippen LogP contribution in [0.3, 0.4) is 0 Å². The van der Waals surface area contributed by atoms with Crippen molar-refractivity contribution < 1.29 is 9.09 Å². The fourth-order valence-electron chi connectivity index (χ4n) is 2.04. The van der Waals surface area contributed by atoms with Gasteiger partial charge in [-0.3, -0.25) is 0 Å². The van der Waals surface area contributed by atoms with Crippen LogP contribution in [-0.4, -0.2) is 34.5 Å². The van der Waals surface area contributed by atoms with Crippen molar-refractivity contribution in [1.82, 2.24) is 9.34 Å². The zero-order chi connectivity index (χ0) is 12.9. The molecule has 2 aliphatic heterocycles. The van der Waals surface area contributed by atoms with E-state index in [1.54, 1.807) is 24.3 Å². The van der Waals surface area contributed by atoms with Crippen molar-refractivity contribution in [3.8, 4) is 5.75 Å². The van der Waals surface area contributed by atoms with Crippen LogP contribution in [-0.2, 0) is 4.57 Å². The molecular formula is C12H16ClN2O2P. The van der Waals surface area contributed by atoms with Crippen LogP contribution >= 0.6 is 19.3 Å². The summed E-state index contributed by atoms with van der Waals surface area (Å²) in [4.78, 5) is 0. The van der Waals surface area contributed by atoms with Gasteiger partial charge in [0.05, 0.1) is 0 Å². The van der Waals surface area contributed by atoms with E-state index in [4.69, 9.17) is 16.1 Å². The maximum atomic E-state index is 13.0. The maximum Gasteiger partial charge on any atom is 0.396 e. The fourth-order valence-corrected chi connectivity index (χ4v) is 4.95. The number of hydrogen-bond acceptors (Lipinski definition) is 2. The van der Waals surface area contributed by atoms with Crippen LogP contribution in [0.4, 0.5) is 0 Å². The van der Waals surface area contributed by atoms with E-state index in [2.05, 4.69) is 13.8 Å². The Morgan fingerprint density at radius 2 is 1.61 bits per heavy atom. The van der Waals surface area contributed by atoms with Crippen molar-refractivity contribution in [2.75, 3.05) is 13.1 Å². The summed E-state index contributed by atoms with van der Waals surface area (Å²) in [5.74, 6) is 0.612. The lowest BCUT2D eigenvalue weighted by Crippen LogP contribution is -2.13. The van der Waals surface area contributed by atoms with Crippen molar-refractivity contribution in [2.45, 2.75) is 25.9 Å². The smallest absolute Gasteiger partial charge is 0.396 e. The summed E-state index contributed by atoms with van der Waals surface area (Å²) in [6.45, 7) is 5.81. The van der Waals surface area contributed by atoms with E-state index in [0.717, 1.165) is 13.1 Å². The summed E-state index contributed by atoms with van der Waals surface area (Å²) < 4.78 is 22.7. The highest BCUT2D eigenvalue weighted by Gasteiger charge is 2.57. The molecule has 6 heteroatoms. The van der Waals surface area contributed by atoms with Gasteiger partial charge in [-0.1, -0.05) is 11.6 Å². The molecule has 98 valence electrons. The van der Waals surface area contributed by atoms with Gasteiger partial charge in [-0.05, 0) is 38.1 Å². The Balaban J connectivity index is 1.82. The normalized spacial score (nSPS) is 36.8. The highest BCUT2D eigenvalue weighted by atomic mass is 35.5. The Hall–Kier alpha value is -0.540. The Morgan fingerprint density at radius 3 is 2.00 bits per heavy atom. The lowest BCUT2D eigenvalue weighted by Gasteiger charge is -2.21. The first-order valence-corrected chi connectivity index (χ1v) is 8.01. The SMILES string of the molecule is C[C@@H]1CN1P(=O)(Oc1ccc(Cl)cc1)N1C[C@H]1C. The van der Waals surface area contributed by atoms with Crippen molar-refractivity contribution in [3.63, 3.8) is 0 Å². The van der Waals surface area contributed by atoms with E-state index in [-0.39, 0.29) is 0 Å². The fraction of sp³-hybridized carbons (Fsp3) is 0.500. The van der Waals surface area contributed by atoms with Crippen LogP contribution in [0, 0.1) is 0 Å². The lowest BCUT2D eigenvalue weighted by atomic mass is 10.3. The molecule has 1 aromatic rings. The average Bonchev–Trinajstić information content (AvgIpc) is 3.21. The van der Waals surface area contributed by atoms with Crippen LogP contribution in [0.25, 0.3) is 0 Å². The maximum absolute atomic E-state index is 13.0. The number of halogens is 1. The predicted octanol–water partition coefficient (Wildman–Crippen LogP) is 3.24. The largest absolute Gasteiger partial charge is 0.422 e. The third-order valence-corrected chi connectivity index (χ3v) is 6.45. The summed E-state index contributed by atoms with van der Waals surface area (Å²) >= 11 is 5.83. The first-order valence-electron chi connectivity index (χ1n) is 6.10. The van der Waals surface area contributed by atoms with E-state index in [9.17, 15) is 4.57 Å². The summed E-state index contributed by atoms with van der Waals surface area (Å²) in [6.07, 6.45) is 0. The minimum absolute atomic E-state index is 0.343. The molecule has 4 nitrogen and oxygen atoms in total. The molecule has 2 fully saturated rings. The van der Waals surface area contributed by atoms with Crippen LogP contribution in [0.5, 0.6) is 5.75 Å². The minimum Gasteiger partial charge on any atom is -0.422 e. The summed E-state index contributed by atoms with van der Waals surface area (Å²) in [6, 6.07) is 7.71. The molecule has 3 rings (SSSR count). The molecule has 1 aromatic carbocycles. The second kappa shape index (κ2) is 4.24. The first-order chi connectivity index (χ1) is 8.50. The summed E-state index contributed by atoms with van der Waals surface area (Å²) in [5, 5.41) is 0.650. The molecule has 0 aliphatic carbocycles. The summed E-state index contributed by atoms with van der Waals surface area (Å²) in [5.41, 5.74) is 0. The van der Waals surface area contributed by atoms with Gasteiger partial charge in [0.25, 0.3) is 0 Å². The van der Waals surface area contributed by atoms with E-state index in [1.165, 1.54) is 0 Å². The Morgan fingerprint density at radius 1 is 1.17 bits per heavy atom. The van der Waals surface area contributed by atoms with Crippen molar-refractivity contribution in [2.24, 2.45) is 0 Å². The standard InChI is InChI=1S/C12H16ClN2O2P/c1-9-7-14(9)18(16,15-8-10(15)2)17-12-5-3-11(13)4-6-12/h3-6,9-10H,7-8H2,1-2H3/t9-,10-,14?,15?,18?/m1/s1. The van der Waals surface area contributed by atoms with Gasteiger partial charge in [0.1, 0.15) is 5.75 Å². The predicted molar refractivity (Wildman–Crippen MR) is 72.0 cm³/mol. The second-order valence-corrected chi connectivity index (χ2v) is 7.61. The van der Waals surface area contributed by atoms with Gasteiger partial charge in [-0.2, -0.15) is 0 Å². The molecule has 2 heterocycles.